The van der Waals surface area contributed by atoms with E-state index in [0.29, 0.717) is 13.1 Å². The molecule has 2 aliphatic rings. The number of carbonyl (C=O) groups is 2. The summed E-state index contributed by atoms with van der Waals surface area (Å²) in [5, 5.41) is 4.83. The van der Waals surface area contributed by atoms with E-state index in [1.807, 2.05) is 0 Å². The van der Waals surface area contributed by atoms with E-state index in [2.05, 4.69) is 37.5 Å². The molecule has 2 amide bonds. The average Bonchev–Trinajstić information content (AvgIpc) is 2.74. The van der Waals surface area contributed by atoms with E-state index in [-0.39, 0.29) is 23.8 Å². The van der Waals surface area contributed by atoms with Crippen molar-refractivity contribution in [1.82, 2.24) is 10.2 Å². The van der Waals surface area contributed by atoms with Crippen LogP contribution in [0.5, 0.6) is 0 Å². The van der Waals surface area contributed by atoms with Gasteiger partial charge >= 0.3 is 0 Å². The number of hydrogen-bond acceptors (Lipinski definition) is 3. The van der Waals surface area contributed by atoms with Crippen LogP contribution in [0.25, 0.3) is 0 Å². The lowest BCUT2D eigenvalue weighted by Gasteiger charge is -2.32. The van der Waals surface area contributed by atoms with Crippen LogP contribution < -0.4 is 5.32 Å². The maximum Gasteiger partial charge on any atom is 0.239 e. The van der Waals surface area contributed by atoms with Crippen LogP contribution in [0.3, 0.4) is 0 Å². The largest absolute Gasteiger partial charge is 0.353 e. The molecule has 0 aromatic carbocycles. The highest BCUT2D eigenvalue weighted by atomic mass is 32.1. The Bertz CT molecular complexity index is 578. The molecular formula is C15H20N2O2S. The molecule has 0 unspecified atom stereocenters. The van der Waals surface area contributed by atoms with Gasteiger partial charge in [0.15, 0.2) is 0 Å². The number of carbonyl (C=O) groups excluding carboxylic acids is 2. The maximum atomic E-state index is 13.0. The molecule has 4 nitrogen and oxygen atoms in total. The number of amides is 2. The first-order valence-corrected chi connectivity index (χ1v) is 7.87. The van der Waals surface area contributed by atoms with E-state index in [4.69, 9.17) is 0 Å². The SMILES string of the molecule is Cc1ccsc1[C@]1(C(=O)N2CCNC(=O)C2)CC1(C)C. The Morgan fingerprint density at radius 2 is 2.15 bits per heavy atom. The van der Waals surface area contributed by atoms with E-state index in [1.165, 1.54) is 10.4 Å². The summed E-state index contributed by atoms with van der Waals surface area (Å²) in [5.41, 5.74) is 0.756. The summed E-state index contributed by atoms with van der Waals surface area (Å²) in [6.45, 7) is 7.73. The third-order valence-electron chi connectivity index (χ3n) is 4.68. The highest BCUT2D eigenvalue weighted by Crippen LogP contribution is 2.66. The van der Waals surface area contributed by atoms with Crippen molar-refractivity contribution in [3.63, 3.8) is 0 Å². The number of nitrogens with zero attached hydrogens (tertiary/aromatic N) is 1. The highest BCUT2D eigenvalue weighted by Gasteiger charge is 2.69. The van der Waals surface area contributed by atoms with E-state index >= 15 is 0 Å². The minimum absolute atomic E-state index is 0.0202. The Hall–Kier alpha value is -1.36. The Labute approximate surface area is 123 Å². The predicted molar refractivity (Wildman–Crippen MR) is 78.7 cm³/mol. The lowest BCUT2D eigenvalue weighted by Crippen LogP contribution is -2.53. The van der Waals surface area contributed by atoms with Crippen LogP contribution in [0.15, 0.2) is 11.4 Å². The van der Waals surface area contributed by atoms with Crippen molar-refractivity contribution in [3.05, 3.63) is 21.9 Å². The Morgan fingerprint density at radius 3 is 2.65 bits per heavy atom. The number of aryl methyl sites for hydroxylation is 1. The van der Waals surface area contributed by atoms with Gasteiger partial charge in [-0.05, 0) is 35.8 Å². The van der Waals surface area contributed by atoms with Crippen LogP contribution >= 0.6 is 11.3 Å². The van der Waals surface area contributed by atoms with Gasteiger partial charge in [-0.1, -0.05) is 13.8 Å². The van der Waals surface area contributed by atoms with Crippen molar-refractivity contribution in [2.24, 2.45) is 5.41 Å². The van der Waals surface area contributed by atoms with Gasteiger partial charge in [-0.25, -0.2) is 0 Å². The summed E-state index contributed by atoms with van der Waals surface area (Å²) in [7, 11) is 0. The van der Waals surface area contributed by atoms with Crippen molar-refractivity contribution in [1.29, 1.82) is 0 Å². The van der Waals surface area contributed by atoms with Gasteiger partial charge in [0.1, 0.15) is 0 Å². The monoisotopic (exact) mass is 292 g/mol. The summed E-state index contributed by atoms with van der Waals surface area (Å²) < 4.78 is 0. The van der Waals surface area contributed by atoms with Crippen molar-refractivity contribution >= 4 is 23.2 Å². The Kier molecular flexibility index (Phi) is 2.94. The molecule has 1 saturated carbocycles. The molecule has 0 radical (unpaired) electrons. The molecule has 1 saturated heterocycles. The van der Waals surface area contributed by atoms with E-state index in [1.54, 1.807) is 16.2 Å². The number of rotatable bonds is 2. The van der Waals surface area contributed by atoms with Crippen molar-refractivity contribution in [2.75, 3.05) is 19.6 Å². The zero-order valence-corrected chi connectivity index (χ0v) is 13.0. The topological polar surface area (TPSA) is 49.4 Å². The van der Waals surface area contributed by atoms with Gasteiger partial charge in [0.05, 0.1) is 12.0 Å². The van der Waals surface area contributed by atoms with Gasteiger partial charge < -0.3 is 10.2 Å². The molecule has 20 heavy (non-hydrogen) atoms. The fourth-order valence-electron chi connectivity index (χ4n) is 3.36. The molecule has 1 atom stereocenters. The molecule has 0 spiro atoms. The number of thiophene rings is 1. The fraction of sp³-hybridized carbons (Fsp3) is 0.600. The number of piperazine rings is 1. The van der Waals surface area contributed by atoms with Crippen molar-refractivity contribution in [3.8, 4) is 0 Å². The van der Waals surface area contributed by atoms with Gasteiger partial charge in [-0.2, -0.15) is 0 Å². The number of hydrogen-bond donors (Lipinski definition) is 1. The molecule has 1 aromatic heterocycles. The fourth-order valence-corrected chi connectivity index (χ4v) is 4.66. The van der Waals surface area contributed by atoms with Gasteiger partial charge in [0.2, 0.25) is 11.8 Å². The van der Waals surface area contributed by atoms with E-state index in [9.17, 15) is 9.59 Å². The molecule has 108 valence electrons. The van der Waals surface area contributed by atoms with E-state index < -0.39 is 5.41 Å². The smallest absolute Gasteiger partial charge is 0.239 e. The standard InChI is InChI=1S/C15H20N2O2S/c1-10-4-7-20-12(10)15(9-14(15,2)3)13(19)17-6-5-16-11(18)8-17/h4,7H,5-6,8-9H2,1-3H3,(H,16,18)/t15-/m0/s1. The first kappa shape index (κ1) is 13.6. The second kappa shape index (κ2) is 4.32. The zero-order chi connectivity index (χ0) is 14.5. The maximum absolute atomic E-state index is 13.0. The summed E-state index contributed by atoms with van der Waals surface area (Å²) >= 11 is 1.67. The minimum Gasteiger partial charge on any atom is -0.353 e. The van der Waals surface area contributed by atoms with Gasteiger partial charge in [0, 0.05) is 18.0 Å². The van der Waals surface area contributed by atoms with Crippen LogP contribution in [0.2, 0.25) is 0 Å². The third kappa shape index (κ3) is 1.79. The summed E-state index contributed by atoms with van der Waals surface area (Å²) in [5.74, 6) is 0.0732. The van der Waals surface area contributed by atoms with E-state index in [0.717, 1.165) is 6.42 Å². The van der Waals surface area contributed by atoms with Crippen LogP contribution in [-0.4, -0.2) is 36.3 Å². The molecule has 2 fully saturated rings. The zero-order valence-electron chi connectivity index (χ0n) is 12.2. The first-order chi connectivity index (χ1) is 9.38. The molecule has 5 heteroatoms. The summed E-state index contributed by atoms with van der Waals surface area (Å²) in [6.07, 6.45) is 0.873. The average molecular weight is 292 g/mol. The normalized spacial score (nSPS) is 28.1. The predicted octanol–water partition coefficient (Wildman–Crippen LogP) is 1.68. The van der Waals surface area contributed by atoms with Crippen molar-refractivity contribution in [2.45, 2.75) is 32.6 Å². The molecule has 0 bridgehead atoms. The highest BCUT2D eigenvalue weighted by molar-refractivity contribution is 7.10. The molecule has 1 aliphatic carbocycles. The Morgan fingerprint density at radius 1 is 1.45 bits per heavy atom. The second-order valence-corrected chi connectivity index (χ2v) is 7.39. The minimum atomic E-state index is -0.414. The lowest BCUT2D eigenvalue weighted by atomic mass is 9.90. The quantitative estimate of drug-likeness (QED) is 0.901. The summed E-state index contributed by atoms with van der Waals surface area (Å²) in [6, 6.07) is 2.08. The van der Waals surface area contributed by atoms with Gasteiger partial charge in [-0.3, -0.25) is 9.59 Å². The van der Waals surface area contributed by atoms with Crippen molar-refractivity contribution < 1.29 is 9.59 Å². The third-order valence-corrected chi connectivity index (χ3v) is 5.86. The molecule has 1 aromatic rings. The summed E-state index contributed by atoms with van der Waals surface area (Å²) in [4.78, 5) is 27.5. The van der Waals surface area contributed by atoms with Crippen LogP contribution in [0, 0.1) is 12.3 Å². The molecule has 3 rings (SSSR count). The van der Waals surface area contributed by atoms with Gasteiger partial charge in [-0.15, -0.1) is 11.3 Å². The first-order valence-electron chi connectivity index (χ1n) is 6.99. The molecule has 2 heterocycles. The molecular weight excluding hydrogens is 272 g/mol. The molecule has 1 aliphatic heterocycles. The lowest BCUT2D eigenvalue weighted by molar-refractivity contribution is -0.140. The second-order valence-electron chi connectivity index (χ2n) is 6.48. The Balaban J connectivity index is 1.95. The van der Waals surface area contributed by atoms with Crippen LogP contribution in [0.1, 0.15) is 30.7 Å². The van der Waals surface area contributed by atoms with Crippen LogP contribution in [0.4, 0.5) is 0 Å². The molecule has 1 N–H and O–H groups in total. The van der Waals surface area contributed by atoms with Crippen LogP contribution in [-0.2, 0) is 15.0 Å². The van der Waals surface area contributed by atoms with Gasteiger partial charge in [0.25, 0.3) is 0 Å². The number of nitrogens with one attached hydrogen (secondary N) is 1.